The molecule has 1 aliphatic rings. The van der Waals surface area contributed by atoms with Gasteiger partial charge in [0.25, 0.3) is 0 Å². The predicted molar refractivity (Wildman–Crippen MR) is 135 cm³/mol. The first-order valence-corrected chi connectivity index (χ1v) is 11.9. The zero-order chi connectivity index (χ0) is 23.3. The third-order valence-electron chi connectivity index (χ3n) is 6.26. The van der Waals surface area contributed by atoms with Crippen LogP contribution in [-0.4, -0.2) is 30.6 Å². The van der Waals surface area contributed by atoms with Crippen LogP contribution in [0.2, 0.25) is 5.02 Å². The van der Waals surface area contributed by atoms with Gasteiger partial charge < -0.3 is 10.1 Å². The van der Waals surface area contributed by atoms with Gasteiger partial charge in [0.1, 0.15) is 5.75 Å². The van der Waals surface area contributed by atoms with Gasteiger partial charge in [0, 0.05) is 23.5 Å². The maximum Gasteiger partial charge on any atom is 0.412 e. The van der Waals surface area contributed by atoms with Crippen LogP contribution in [0.15, 0.2) is 72.8 Å². The van der Waals surface area contributed by atoms with Gasteiger partial charge in [-0.1, -0.05) is 74.0 Å². The van der Waals surface area contributed by atoms with E-state index >= 15 is 0 Å². The fourth-order valence-electron chi connectivity index (χ4n) is 4.16. The average Bonchev–Trinajstić information content (AvgIpc) is 3.32. The van der Waals surface area contributed by atoms with Crippen LogP contribution in [0.4, 0.5) is 4.79 Å². The van der Waals surface area contributed by atoms with E-state index in [0.717, 1.165) is 17.7 Å². The molecule has 0 spiro atoms. The summed E-state index contributed by atoms with van der Waals surface area (Å²) in [6.45, 7) is 8.15. The van der Waals surface area contributed by atoms with E-state index in [0.29, 0.717) is 17.3 Å². The molecule has 0 radical (unpaired) electrons. The Bertz CT molecular complexity index is 1050. The van der Waals surface area contributed by atoms with E-state index in [-0.39, 0.29) is 5.41 Å². The van der Waals surface area contributed by atoms with Crippen LogP contribution in [0.3, 0.4) is 0 Å². The molecule has 33 heavy (non-hydrogen) atoms. The molecule has 0 aromatic heterocycles. The van der Waals surface area contributed by atoms with Crippen molar-refractivity contribution in [3.63, 3.8) is 0 Å². The number of ether oxygens (including phenoxy) is 1. The van der Waals surface area contributed by atoms with Gasteiger partial charge in [0.2, 0.25) is 0 Å². The standard InChI is InChI=1S/C28H31ClN2O2/c1-28(2,24-11-5-21(6-12-24)19-31-17-3-4-18-31)20-30-27(32)33-26-15-9-23(10-16-26)22-7-13-25(29)14-8-22/h5-16H,3-4,17-20H2,1-2H3,(H,30,32). The average molecular weight is 463 g/mol. The lowest BCUT2D eigenvalue weighted by molar-refractivity contribution is 0.198. The molecule has 1 N–H and O–H groups in total. The fourth-order valence-corrected chi connectivity index (χ4v) is 4.28. The molecule has 3 aromatic rings. The summed E-state index contributed by atoms with van der Waals surface area (Å²) in [7, 11) is 0. The van der Waals surface area contributed by atoms with Gasteiger partial charge in [-0.3, -0.25) is 4.90 Å². The van der Waals surface area contributed by atoms with Gasteiger partial charge in [-0.2, -0.15) is 0 Å². The van der Waals surface area contributed by atoms with Crippen molar-refractivity contribution in [3.8, 4) is 16.9 Å². The third-order valence-corrected chi connectivity index (χ3v) is 6.51. The second kappa shape index (κ2) is 10.4. The molecule has 1 aliphatic heterocycles. The largest absolute Gasteiger partial charge is 0.412 e. The first kappa shape index (κ1) is 23.3. The molecule has 5 heteroatoms. The second-order valence-electron chi connectivity index (χ2n) is 9.34. The van der Waals surface area contributed by atoms with Gasteiger partial charge in [0.05, 0.1) is 0 Å². The highest BCUT2D eigenvalue weighted by atomic mass is 35.5. The summed E-state index contributed by atoms with van der Waals surface area (Å²) >= 11 is 5.95. The highest BCUT2D eigenvalue weighted by Crippen LogP contribution is 2.25. The zero-order valence-corrected chi connectivity index (χ0v) is 20.1. The number of rotatable bonds is 7. The van der Waals surface area contributed by atoms with Crippen molar-refractivity contribution >= 4 is 17.7 Å². The Balaban J connectivity index is 1.28. The van der Waals surface area contributed by atoms with Gasteiger partial charge in [-0.05, 0) is 72.5 Å². The van der Waals surface area contributed by atoms with Crippen molar-refractivity contribution in [3.05, 3.63) is 88.9 Å². The predicted octanol–water partition coefficient (Wildman–Crippen LogP) is 6.67. The summed E-state index contributed by atoms with van der Waals surface area (Å²) in [5, 5.41) is 3.62. The van der Waals surface area contributed by atoms with Crippen LogP contribution in [0.1, 0.15) is 37.8 Å². The third kappa shape index (κ3) is 6.37. The monoisotopic (exact) mass is 462 g/mol. The van der Waals surface area contributed by atoms with Crippen LogP contribution in [-0.2, 0) is 12.0 Å². The summed E-state index contributed by atoms with van der Waals surface area (Å²) < 4.78 is 5.47. The number of nitrogens with one attached hydrogen (secondary N) is 1. The zero-order valence-electron chi connectivity index (χ0n) is 19.3. The molecular formula is C28H31ClN2O2. The molecule has 0 atom stereocenters. The van der Waals surface area contributed by atoms with E-state index in [4.69, 9.17) is 16.3 Å². The summed E-state index contributed by atoms with van der Waals surface area (Å²) in [4.78, 5) is 14.9. The van der Waals surface area contributed by atoms with Crippen LogP contribution < -0.4 is 10.1 Å². The van der Waals surface area contributed by atoms with Crippen molar-refractivity contribution in [1.82, 2.24) is 10.2 Å². The Kier molecular flexibility index (Phi) is 7.36. The Hall–Kier alpha value is -2.82. The number of likely N-dealkylation sites (tertiary alicyclic amines) is 1. The number of halogens is 1. The molecule has 1 fully saturated rings. The van der Waals surface area contributed by atoms with E-state index in [1.807, 2.05) is 36.4 Å². The van der Waals surface area contributed by atoms with Gasteiger partial charge in [-0.25, -0.2) is 4.79 Å². The molecule has 1 heterocycles. The Morgan fingerprint density at radius 3 is 2.09 bits per heavy atom. The Labute approximate surface area is 201 Å². The van der Waals surface area contributed by atoms with Gasteiger partial charge in [-0.15, -0.1) is 0 Å². The SMILES string of the molecule is CC(C)(CNC(=O)Oc1ccc(-c2ccc(Cl)cc2)cc1)c1ccc(CN2CCCC2)cc1. The van der Waals surface area contributed by atoms with Crippen molar-refractivity contribution in [2.75, 3.05) is 19.6 Å². The summed E-state index contributed by atoms with van der Waals surface area (Å²) in [5.41, 5.74) is 4.42. The molecule has 0 unspecified atom stereocenters. The molecule has 1 saturated heterocycles. The molecule has 1 amide bonds. The fraction of sp³-hybridized carbons (Fsp3) is 0.321. The second-order valence-corrected chi connectivity index (χ2v) is 9.77. The number of hydrogen-bond donors (Lipinski definition) is 1. The van der Waals surface area contributed by atoms with E-state index in [1.54, 1.807) is 12.1 Å². The van der Waals surface area contributed by atoms with Crippen molar-refractivity contribution in [1.29, 1.82) is 0 Å². The molecule has 4 nitrogen and oxygen atoms in total. The number of carbonyl (C=O) groups is 1. The summed E-state index contributed by atoms with van der Waals surface area (Å²) in [5.74, 6) is 0.509. The minimum atomic E-state index is -0.451. The van der Waals surface area contributed by atoms with Crippen LogP contribution in [0.25, 0.3) is 11.1 Å². The molecule has 172 valence electrons. The quantitative estimate of drug-likeness (QED) is 0.426. The summed E-state index contributed by atoms with van der Waals surface area (Å²) in [6.07, 6.45) is 2.16. The maximum atomic E-state index is 12.4. The van der Waals surface area contributed by atoms with Gasteiger partial charge >= 0.3 is 6.09 Å². The van der Waals surface area contributed by atoms with E-state index < -0.39 is 6.09 Å². The van der Waals surface area contributed by atoms with Crippen molar-refractivity contribution in [2.24, 2.45) is 0 Å². The van der Waals surface area contributed by atoms with E-state index in [2.05, 4.69) is 48.3 Å². The molecule has 0 bridgehead atoms. The summed E-state index contributed by atoms with van der Waals surface area (Å²) in [6, 6.07) is 23.9. The molecule has 0 saturated carbocycles. The highest BCUT2D eigenvalue weighted by Gasteiger charge is 2.22. The van der Waals surface area contributed by atoms with Crippen molar-refractivity contribution < 1.29 is 9.53 Å². The molecule has 3 aromatic carbocycles. The van der Waals surface area contributed by atoms with E-state index in [1.165, 1.54) is 37.1 Å². The number of hydrogen-bond acceptors (Lipinski definition) is 3. The number of nitrogens with zero attached hydrogens (tertiary/aromatic N) is 1. The van der Waals surface area contributed by atoms with Gasteiger partial charge in [0.15, 0.2) is 0 Å². The van der Waals surface area contributed by atoms with Crippen LogP contribution in [0, 0.1) is 0 Å². The van der Waals surface area contributed by atoms with E-state index in [9.17, 15) is 4.79 Å². The minimum Gasteiger partial charge on any atom is -0.410 e. The highest BCUT2D eigenvalue weighted by molar-refractivity contribution is 6.30. The first-order chi connectivity index (χ1) is 15.9. The lowest BCUT2D eigenvalue weighted by Crippen LogP contribution is -2.38. The molecule has 4 rings (SSSR count). The molecular weight excluding hydrogens is 432 g/mol. The maximum absolute atomic E-state index is 12.4. The minimum absolute atomic E-state index is 0.205. The first-order valence-electron chi connectivity index (χ1n) is 11.5. The molecule has 0 aliphatic carbocycles. The Morgan fingerprint density at radius 2 is 1.48 bits per heavy atom. The van der Waals surface area contributed by atoms with Crippen LogP contribution in [0.5, 0.6) is 5.75 Å². The van der Waals surface area contributed by atoms with Crippen LogP contribution >= 0.6 is 11.6 Å². The lowest BCUT2D eigenvalue weighted by atomic mass is 9.84. The smallest absolute Gasteiger partial charge is 0.410 e. The normalized spacial score (nSPS) is 14.3. The number of amides is 1. The number of carbonyl (C=O) groups excluding carboxylic acids is 1. The topological polar surface area (TPSA) is 41.6 Å². The Morgan fingerprint density at radius 1 is 0.909 bits per heavy atom. The lowest BCUT2D eigenvalue weighted by Gasteiger charge is -2.26. The number of benzene rings is 3. The van der Waals surface area contributed by atoms with Crippen molar-refractivity contribution in [2.45, 2.75) is 38.6 Å².